The van der Waals surface area contributed by atoms with Crippen LogP contribution in [0.4, 0.5) is 0 Å². The van der Waals surface area contributed by atoms with Crippen molar-refractivity contribution in [2.24, 2.45) is 5.92 Å². The SMILES string of the molecule is C[C@@H]1CCCC[C@@H]1NC(=O)[C@@H](c1ccccc1Cl)N(Cc1ccccc1)C(=O)CCl. The largest absolute Gasteiger partial charge is 0.351 e. The Morgan fingerprint density at radius 1 is 1.07 bits per heavy atom. The van der Waals surface area contributed by atoms with Crippen LogP contribution >= 0.6 is 23.2 Å². The number of nitrogens with one attached hydrogen (secondary N) is 1. The highest BCUT2D eigenvalue weighted by Crippen LogP contribution is 2.31. The molecule has 1 saturated carbocycles. The van der Waals surface area contributed by atoms with Crippen molar-refractivity contribution >= 4 is 35.0 Å². The van der Waals surface area contributed by atoms with E-state index in [1.165, 1.54) is 11.3 Å². The third-order valence-corrected chi connectivity index (χ3v) is 6.40. The molecular formula is C24H28Cl2N2O2. The van der Waals surface area contributed by atoms with E-state index in [1.54, 1.807) is 12.1 Å². The molecule has 1 N–H and O–H groups in total. The van der Waals surface area contributed by atoms with Gasteiger partial charge in [0, 0.05) is 23.2 Å². The van der Waals surface area contributed by atoms with Gasteiger partial charge in [0.25, 0.3) is 0 Å². The van der Waals surface area contributed by atoms with Crippen LogP contribution in [0, 0.1) is 5.92 Å². The minimum absolute atomic E-state index is 0.0981. The van der Waals surface area contributed by atoms with Crippen molar-refractivity contribution in [1.82, 2.24) is 10.2 Å². The second-order valence-corrected chi connectivity index (χ2v) is 8.62. The Kier molecular flexibility index (Phi) is 8.17. The van der Waals surface area contributed by atoms with E-state index in [9.17, 15) is 9.59 Å². The molecule has 0 unspecified atom stereocenters. The van der Waals surface area contributed by atoms with E-state index in [0.717, 1.165) is 24.8 Å². The highest BCUT2D eigenvalue weighted by atomic mass is 35.5. The summed E-state index contributed by atoms with van der Waals surface area (Å²) in [6.45, 7) is 2.44. The third kappa shape index (κ3) is 5.55. The fraction of sp³-hybridized carbons (Fsp3) is 0.417. The highest BCUT2D eigenvalue weighted by molar-refractivity contribution is 6.31. The Hall–Kier alpha value is -2.04. The second kappa shape index (κ2) is 10.8. The fourth-order valence-electron chi connectivity index (χ4n) is 4.12. The number of alkyl halides is 1. The molecule has 2 aromatic rings. The molecule has 1 aliphatic rings. The van der Waals surface area contributed by atoms with Crippen molar-refractivity contribution in [3.63, 3.8) is 0 Å². The molecule has 0 radical (unpaired) electrons. The average molecular weight is 447 g/mol. The maximum Gasteiger partial charge on any atom is 0.247 e. The van der Waals surface area contributed by atoms with Crippen LogP contribution < -0.4 is 5.32 Å². The number of rotatable bonds is 7. The molecule has 2 amide bonds. The van der Waals surface area contributed by atoms with Crippen molar-refractivity contribution in [3.8, 4) is 0 Å². The summed E-state index contributed by atoms with van der Waals surface area (Å²) in [5.41, 5.74) is 1.53. The average Bonchev–Trinajstić information content (AvgIpc) is 2.76. The Bertz CT molecular complexity index is 859. The molecule has 0 saturated heterocycles. The zero-order chi connectivity index (χ0) is 21.5. The molecule has 3 rings (SSSR count). The van der Waals surface area contributed by atoms with Gasteiger partial charge in [0.15, 0.2) is 0 Å². The van der Waals surface area contributed by atoms with Crippen molar-refractivity contribution in [2.45, 2.75) is 51.2 Å². The summed E-state index contributed by atoms with van der Waals surface area (Å²) in [5.74, 6) is -0.324. The molecule has 30 heavy (non-hydrogen) atoms. The van der Waals surface area contributed by atoms with Crippen molar-refractivity contribution in [1.29, 1.82) is 0 Å². The van der Waals surface area contributed by atoms with E-state index in [4.69, 9.17) is 23.2 Å². The van der Waals surface area contributed by atoms with Gasteiger partial charge in [-0.1, -0.05) is 79.9 Å². The van der Waals surface area contributed by atoms with E-state index in [1.807, 2.05) is 42.5 Å². The topological polar surface area (TPSA) is 49.4 Å². The second-order valence-electron chi connectivity index (χ2n) is 7.94. The standard InChI is InChI=1S/C24H28Cl2N2O2/c1-17-9-5-8-14-21(17)27-24(30)23(19-12-6-7-13-20(19)26)28(22(29)15-25)16-18-10-3-2-4-11-18/h2-4,6-7,10-13,17,21,23H,5,8-9,14-16H2,1H3,(H,27,30)/t17-,21+,23-/m1/s1. The van der Waals surface area contributed by atoms with E-state index >= 15 is 0 Å². The van der Waals surface area contributed by atoms with Gasteiger partial charge in [-0.25, -0.2) is 0 Å². The molecule has 0 bridgehead atoms. The van der Waals surface area contributed by atoms with Gasteiger partial charge in [0.05, 0.1) is 0 Å². The number of carbonyl (C=O) groups is 2. The summed E-state index contributed by atoms with van der Waals surface area (Å²) in [6.07, 6.45) is 4.33. The molecule has 0 aromatic heterocycles. The molecular weight excluding hydrogens is 419 g/mol. The first-order valence-electron chi connectivity index (χ1n) is 10.5. The predicted octanol–water partition coefficient (Wildman–Crippen LogP) is 5.34. The van der Waals surface area contributed by atoms with Crippen LogP contribution in [0.2, 0.25) is 5.02 Å². The van der Waals surface area contributed by atoms with Gasteiger partial charge < -0.3 is 10.2 Å². The van der Waals surface area contributed by atoms with Crippen LogP contribution in [0.1, 0.15) is 49.8 Å². The fourth-order valence-corrected chi connectivity index (χ4v) is 4.51. The van der Waals surface area contributed by atoms with Gasteiger partial charge in [-0.15, -0.1) is 11.6 Å². The summed E-state index contributed by atoms with van der Waals surface area (Å²) in [5, 5.41) is 3.66. The molecule has 0 aliphatic heterocycles. The monoisotopic (exact) mass is 446 g/mol. The number of hydrogen-bond acceptors (Lipinski definition) is 2. The smallest absolute Gasteiger partial charge is 0.247 e. The van der Waals surface area contributed by atoms with Crippen molar-refractivity contribution in [3.05, 3.63) is 70.7 Å². The van der Waals surface area contributed by atoms with Crippen LogP contribution in [0.15, 0.2) is 54.6 Å². The Labute approximate surface area is 188 Å². The van der Waals surface area contributed by atoms with E-state index in [2.05, 4.69) is 12.2 Å². The summed E-state index contributed by atoms with van der Waals surface area (Å²) in [6, 6.07) is 16.0. The highest BCUT2D eigenvalue weighted by Gasteiger charge is 2.34. The first-order valence-corrected chi connectivity index (χ1v) is 11.4. The van der Waals surface area contributed by atoms with Crippen LogP contribution in [0.5, 0.6) is 0 Å². The lowest BCUT2D eigenvalue weighted by Gasteiger charge is -2.35. The lowest BCUT2D eigenvalue weighted by atomic mass is 9.85. The number of carbonyl (C=O) groups excluding carboxylic acids is 2. The van der Waals surface area contributed by atoms with Gasteiger partial charge in [-0.05, 0) is 30.4 Å². The number of halogens is 2. The van der Waals surface area contributed by atoms with Gasteiger partial charge in [0.1, 0.15) is 11.9 Å². The van der Waals surface area contributed by atoms with Crippen LogP contribution in [0.3, 0.4) is 0 Å². The predicted molar refractivity (Wildman–Crippen MR) is 121 cm³/mol. The molecule has 1 aliphatic carbocycles. The minimum Gasteiger partial charge on any atom is -0.351 e. The lowest BCUT2D eigenvalue weighted by Crippen LogP contribution is -2.49. The molecule has 2 aromatic carbocycles. The molecule has 4 nitrogen and oxygen atoms in total. The first-order chi connectivity index (χ1) is 14.5. The van der Waals surface area contributed by atoms with Crippen LogP contribution in [-0.2, 0) is 16.1 Å². The Balaban J connectivity index is 1.96. The lowest BCUT2D eigenvalue weighted by molar-refractivity contribution is -0.140. The number of amides is 2. The number of nitrogens with zero attached hydrogens (tertiary/aromatic N) is 1. The molecule has 6 heteroatoms. The van der Waals surface area contributed by atoms with E-state index < -0.39 is 6.04 Å². The maximum atomic E-state index is 13.6. The van der Waals surface area contributed by atoms with E-state index in [-0.39, 0.29) is 30.3 Å². The van der Waals surface area contributed by atoms with Crippen molar-refractivity contribution in [2.75, 3.05) is 5.88 Å². The zero-order valence-corrected chi connectivity index (χ0v) is 18.7. The molecule has 1 fully saturated rings. The Morgan fingerprint density at radius 2 is 1.73 bits per heavy atom. The molecule has 3 atom stereocenters. The maximum absolute atomic E-state index is 13.6. The molecule has 0 spiro atoms. The number of hydrogen-bond donors (Lipinski definition) is 1. The van der Waals surface area contributed by atoms with Gasteiger partial charge in [-0.3, -0.25) is 9.59 Å². The summed E-state index contributed by atoms with van der Waals surface area (Å²) >= 11 is 12.4. The Morgan fingerprint density at radius 3 is 2.40 bits per heavy atom. The van der Waals surface area contributed by atoms with Crippen LogP contribution in [0.25, 0.3) is 0 Å². The van der Waals surface area contributed by atoms with Crippen molar-refractivity contribution < 1.29 is 9.59 Å². The molecule has 160 valence electrons. The summed E-state index contributed by atoms with van der Waals surface area (Å²) in [4.78, 5) is 28.0. The van der Waals surface area contributed by atoms with Crippen LogP contribution in [-0.4, -0.2) is 28.6 Å². The normalized spacial score (nSPS) is 19.7. The quantitative estimate of drug-likeness (QED) is 0.583. The van der Waals surface area contributed by atoms with Gasteiger partial charge in [-0.2, -0.15) is 0 Å². The van der Waals surface area contributed by atoms with Gasteiger partial charge in [0.2, 0.25) is 11.8 Å². The zero-order valence-electron chi connectivity index (χ0n) is 17.2. The van der Waals surface area contributed by atoms with Gasteiger partial charge >= 0.3 is 0 Å². The summed E-state index contributed by atoms with van der Waals surface area (Å²) < 4.78 is 0. The minimum atomic E-state index is -0.848. The molecule has 0 heterocycles. The number of benzene rings is 2. The van der Waals surface area contributed by atoms with E-state index in [0.29, 0.717) is 16.5 Å². The third-order valence-electron chi connectivity index (χ3n) is 5.83. The summed E-state index contributed by atoms with van der Waals surface area (Å²) in [7, 11) is 0. The first kappa shape index (κ1) is 22.6.